The van der Waals surface area contributed by atoms with Gasteiger partial charge in [-0.2, -0.15) is 0 Å². The van der Waals surface area contributed by atoms with Gasteiger partial charge in [0.2, 0.25) is 0 Å². The van der Waals surface area contributed by atoms with E-state index in [0.717, 1.165) is 17.2 Å². The number of hydrogen-bond donors (Lipinski definition) is 0. The first-order chi connectivity index (χ1) is 8.58. The highest BCUT2D eigenvalue weighted by Gasteiger charge is 2.13. The van der Waals surface area contributed by atoms with Crippen molar-refractivity contribution in [3.8, 4) is 0 Å². The van der Waals surface area contributed by atoms with Crippen molar-refractivity contribution in [1.82, 2.24) is 0 Å². The lowest BCUT2D eigenvalue weighted by molar-refractivity contribution is 0.0989. The number of Topliss-reactive ketones (excluding diaryl/α,β-unsaturated/α-hetero) is 1. The zero-order valence-electron chi connectivity index (χ0n) is 9.91. The van der Waals surface area contributed by atoms with E-state index >= 15 is 0 Å². The fourth-order valence-electron chi connectivity index (χ4n) is 1.79. The van der Waals surface area contributed by atoms with Gasteiger partial charge in [0.15, 0.2) is 5.78 Å². The van der Waals surface area contributed by atoms with Gasteiger partial charge in [-0.05, 0) is 36.2 Å². The molecule has 0 N–H and O–H groups in total. The van der Waals surface area contributed by atoms with E-state index in [0.29, 0.717) is 5.02 Å². The van der Waals surface area contributed by atoms with Crippen molar-refractivity contribution >= 4 is 17.4 Å². The Morgan fingerprint density at radius 2 is 1.94 bits per heavy atom. The quantitative estimate of drug-likeness (QED) is 0.757. The van der Waals surface area contributed by atoms with Crippen molar-refractivity contribution in [2.45, 2.75) is 13.3 Å². The molecule has 2 aromatic rings. The summed E-state index contributed by atoms with van der Waals surface area (Å²) in [7, 11) is 0. The summed E-state index contributed by atoms with van der Waals surface area (Å²) in [5, 5.41) is 0.292. The van der Waals surface area contributed by atoms with Crippen LogP contribution >= 0.6 is 11.6 Å². The molecule has 0 aliphatic rings. The second kappa shape index (κ2) is 5.32. The van der Waals surface area contributed by atoms with Crippen molar-refractivity contribution in [1.29, 1.82) is 0 Å². The molecule has 2 aromatic carbocycles. The van der Waals surface area contributed by atoms with Crippen LogP contribution in [0, 0.1) is 12.7 Å². The van der Waals surface area contributed by atoms with Crippen molar-refractivity contribution < 1.29 is 9.18 Å². The summed E-state index contributed by atoms with van der Waals surface area (Å²) in [6, 6.07) is 11.7. The Bertz CT molecular complexity index is 593. The molecule has 0 heterocycles. The molecule has 92 valence electrons. The lowest BCUT2D eigenvalue weighted by Crippen LogP contribution is -2.07. The lowest BCUT2D eigenvalue weighted by Gasteiger charge is -2.06. The Hall–Kier alpha value is -1.67. The summed E-state index contributed by atoms with van der Waals surface area (Å²) in [5.41, 5.74) is 2.03. The summed E-state index contributed by atoms with van der Waals surface area (Å²) in [6.45, 7) is 1.93. The van der Waals surface area contributed by atoms with Gasteiger partial charge in [0.05, 0.1) is 5.56 Å². The average Bonchev–Trinajstić information content (AvgIpc) is 2.32. The fraction of sp³-hybridized carbons (Fsp3) is 0.133. The highest BCUT2D eigenvalue weighted by atomic mass is 35.5. The standard InChI is InChI=1S/C15H12ClFO/c1-10-4-2-3-5-11(10)8-15(18)13-7-6-12(16)9-14(13)17/h2-7,9H,8H2,1H3. The third-order valence-electron chi connectivity index (χ3n) is 2.84. The molecule has 0 fully saturated rings. The molecule has 0 saturated carbocycles. The van der Waals surface area contributed by atoms with Crippen LogP contribution in [0.25, 0.3) is 0 Å². The first-order valence-electron chi connectivity index (χ1n) is 5.60. The number of benzene rings is 2. The van der Waals surface area contributed by atoms with Gasteiger partial charge in [0.25, 0.3) is 0 Å². The van der Waals surface area contributed by atoms with Gasteiger partial charge >= 0.3 is 0 Å². The predicted molar refractivity (Wildman–Crippen MR) is 70.6 cm³/mol. The van der Waals surface area contributed by atoms with Crippen molar-refractivity contribution in [3.63, 3.8) is 0 Å². The molecular weight excluding hydrogens is 251 g/mol. The number of ketones is 1. The number of aryl methyl sites for hydroxylation is 1. The number of carbonyl (C=O) groups is 1. The normalized spacial score (nSPS) is 10.4. The summed E-state index contributed by atoms with van der Waals surface area (Å²) in [6.07, 6.45) is 0.200. The van der Waals surface area contributed by atoms with E-state index in [9.17, 15) is 9.18 Å². The molecule has 0 unspecified atom stereocenters. The molecule has 0 aliphatic carbocycles. The first kappa shape index (κ1) is 12.8. The van der Waals surface area contributed by atoms with E-state index in [4.69, 9.17) is 11.6 Å². The third-order valence-corrected chi connectivity index (χ3v) is 3.08. The van der Waals surface area contributed by atoms with Gasteiger partial charge in [-0.15, -0.1) is 0 Å². The van der Waals surface area contributed by atoms with Gasteiger partial charge in [0.1, 0.15) is 5.82 Å². The van der Waals surface area contributed by atoms with E-state index in [1.807, 2.05) is 31.2 Å². The Morgan fingerprint density at radius 1 is 1.22 bits per heavy atom. The molecule has 0 bridgehead atoms. The summed E-state index contributed by atoms with van der Waals surface area (Å²) in [4.78, 5) is 12.0. The monoisotopic (exact) mass is 262 g/mol. The van der Waals surface area contributed by atoms with Crippen LogP contribution in [0.5, 0.6) is 0 Å². The second-order valence-corrected chi connectivity index (χ2v) is 4.59. The highest BCUT2D eigenvalue weighted by Crippen LogP contribution is 2.17. The highest BCUT2D eigenvalue weighted by molar-refractivity contribution is 6.30. The maximum Gasteiger partial charge on any atom is 0.170 e. The number of halogens is 2. The Kier molecular flexibility index (Phi) is 3.78. The molecule has 0 aromatic heterocycles. The molecule has 0 aliphatic heterocycles. The minimum atomic E-state index is -0.568. The SMILES string of the molecule is Cc1ccccc1CC(=O)c1ccc(Cl)cc1F. The molecular formula is C15H12ClFO. The first-order valence-corrected chi connectivity index (χ1v) is 5.98. The molecule has 0 spiro atoms. The van der Waals surface area contributed by atoms with Gasteiger partial charge in [-0.3, -0.25) is 4.79 Å². The predicted octanol–water partition coefficient (Wildman–Crippen LogP) is 4.21. The molecule has 0 atom stereocenters. The molecule has 1 nitrogen and oxygen atoms in total. The van der Waals surface area contributed by atoms with Crippen molar-refractivity contribution in [3.05, 3.63) is 70.0 Å². The van der Waals surface area contributed by atoms with Crippen LogP contribution < -0.4 is 0 Å². The van der Waals surface area contributed by atoms with Gasteiger partial charge in [-0.1, -0.05) is 35.9 Å². The largest absolute Gasteiger partial charge is 0.294 e. The number of rotatable bonds is 3. The smallest absolute Gasteiger partial charge is 0.170 e. The third kappa shape index (κ3) is 2.77. The number of carbonyl (C=O) groups excluding carboxylic acids is 1. The van der Waals surface area contributed by atoms with E-state index in [1.165, 1.54) is 12.1 Å². The van der Waals surface area contributed by atoms with E-state index in [2.05, 4.69) is 0 Å². The van der Waals surface area contributed by atoms with Gasteiger partial charge < -0.3 is 0 Å². The summed E-state index contributed by atoms with van der Waals surface area (Å²) >= 11 is 5.66. The molecule has 2 rings (SSSR count). The fourth-order valence-corrected chi connectivity index (χ4v) is 1.95. The second-order valence-electron chi connectivity index (χ2n) is 4.15. The maximum atomic E-state index is 13.6. The van der Waals surface area contributed by atoms with Crippen LogP contribution in [0.4, 0.5) is 4.39 Å². The zero-order chi connectivity index (χ0) is 13.1. The van der Waals surface area contributed by atoms with Crippen molar-refractivity contribution in [2.24, 2.45) is 0 Å². The van der Waals surface area contributed by atoms with Crippen LogP contribution in [0.1, 0.15) is 21.5 Å². The molecule has 0 saturated heterocycles. The van der Waals surface area contributed by atoms with Crippen LogP contribution in [0.2, 0.25) is 5.02 Å². The molecule has 0 radical (unpaired) electrons. The number of hydrogen-bond acceptors (Lipinski definition) is 1. The lowest BCUT2D eigenvalue weighted by atomic mass is 9.99. The summed E-state index contributed by atoms with van der Waals surface area (Å²) < 4.78 is 13.6. The topological polar surface area (TPSA) is 17.1 Å². The Balaban J connectivity index is 2.25. The summed E-state index contributed by atoms with van der Waals surface area (Å²) in [5.74, 6) is -0.806. The van der Waals surface area contributed by atoms with Crippen LogP contribution in [0.15, 0.2) is 42.5 Å². The van der Waals surface area contributed by atoms with Gasteiger partial charge in [-0.25, -0.2) is 4.39 Å². The van der Waals surface area contributed by atoms with E-state index < -0.39 is 5.82 Å². The minimum absolute atomic E-state index is 0.0858. The van der Waals surface area contributed by atoms with Gasteiger partial charge in [0, 0.05) is 11.4 Å². The van der Waals surface area contributed by atoms with Crippen LogP contribution in [0.3, 0.4) is 0 Å². The minimum Gasteiger partial charge on any atom is -0.294 e. The van der Waals surface area contributed by atoms with E-state index in [1.54, 1.807) is 0 Å². The zero-order valence-corrected chi connectivity index (χ0v) is 10.7. The molecule has 0 amide bonds. The average molecular weight is 263 g/mol. The molecule has 18 heavy (non-hydrogen) atoms. The van der Waals surface area contributed by atoms with Crippen LogP contribution in [-0.2, 0) is 6.42 Å². The molecule has 3 heteroatoms. The Morgan fingerprint density at radius 3 is 2.61 bits per heavy atom. The van der Waals surface area contributed by atoms with E-state index in [-0.39, 0.29) is 17.8 Å². The Labute approximate surface area is 110 Å². The van der Waals surface area contributed by atoms with Crippen LogP contribution in [-0.4, -0.2) is 5.78 Å². The maximum absolute atomic E-state index is 13.6. The van der Waals surface area contributed by atoms with Crippen molar-refractivity contribution in [2.75, 3.05) is 0 Å².